The molecule has 1 atom stereocenters. The molecule has 8 aromatic carbocycles. The zero-order valence-corrected chi connectivity index (χ0v) is 31.3. The standard InChI is InChI=1S/C54H33N3O/c1-3-14-34(15-4-1)38-19-13-20-39(30-38)52-55-51(37-17-5-2-6-18-37)56-53(57-52)40-29-28-36-27-26-35-16-7-10-23-45(35)54(47(36)31-40)46-24-11-8-21-41(46)43-33-50-44(32-48(43)54)42-22-9-12-25-49(42)58-50/h1-33H. The largest absolute Gasteiger partial charge is 0.456 e. The van der Waals surface area contributed by atoms with E-state index in [9.17, 15) is 0 Å². The van der Waals surface area contributed by atoms with E-state index in [0.717, 1.165) is 55.3 Å². The average molecular weight is 740 g/mol. The van der Waals surface area contributed by atoms with Crippen LogP contribution in [0.2, 0.25) is 0 Å². The van der Waals surface area contributed by atoms with Gasteiger partial charge in [0.05, 0.1) is 5.41 Å². The lowest BCUT2D eigenvalue weighted by Crippen LogP contribution is -2.30. The van der Waals surface area contributed by atoms with Crippen LogP contribution in [0.15, 0.2) is 192 Å². The van der Waals surface area contributed by atoms with Gasteiger partial charge in [-0.1, -0.05) is 170 Å². The number of nitrogens with zero attached hydrogens (tertiary/aromatic N) is 3. The molecule has 10 aromatic rings. The fourth-order valence-corrected chi connectivity index (χ4v) is 9.37. The van der Waals surface area contributed by atoms with Gasteiger partial charge in [0.2, 0.25) is 0 Å². The highest BCUT2D eigenvalue weighted by Gasteiger charge is 2.49. The van der Waals surface area contributed by atoms with Gasteiger partial charge in [-0.3, -0.25) is 0 Å². The van der Waals surface area contributed by atoms with Gasteiger partial charge < -0.3 is 4.42 Å². The van der Waals surface area contributed by atoms with E-state index in [1.807, 2.05) is 30.3 Å². The number of furan rings is 1. The summed E-state index contributed by atoms with van der Waals surface area (Å²) in [5.41, 5.74) is 15.8. The summed E-state index contributed by atoms with van der Waals surface area (Å²) in [6.07, 6.45) is 4.53. The van der Waals surface area contributed by atoms with Gasteiger partial charge in [0.25, 0.3) is 0 Å². The number of fused-ring (bicyclic) bond motifs is 12. The Hall–Kier alpha value is -7.69. The maximum absolute atomic E-state index is 6.50. The lowest BCUT2D eigenvalue weighted by Gasteiger charge is -2.35. The van der Waals surface area contributed by atoms with E-state index in [4.69, 9.17) is 19.4 Å². The molecule has 2 heterocycles. The van der Waals surface area contributed by atoms with E-state index in [-0.39, 0.29) is 0 Å². The van der Waals surface area contributed by atoms with Crippen molar-refractivity contribution in [3.05, 3.63) is 221 Å². The Kier molecular flexibility index (Phi) is 7.11. The van der Waals surface area contributed by atoms with Gasteiger partial charge in [0, 0.05) is 27.5 Å². The molecule has 58 heavy (non-hydrogen) atoms. The molecule has 0 saturated heterocycles. The Morgan fingerprint density at radius 2 is 0.931 bits per heavy atom. The molecule has 12 rings (SSSR count). The highest BCUT2D eigenvalue weighted by Crippen LogP contribution is 2.59. The van der Waals surface area contributed by atoms with E-state index >= 15 is 0 Å². The third-order valence-electron chi connectivity index (χ3n) is 12.0. The molecular weight excluding hydrogens is 707 g/mol. The summed E-state index contributed by atoms with van der Waals surface area (Å²) in [7, 11) is 0. The Morgan fingerprint density at radius 3 is 1.74 bits per heavy atom. The summed E-state index contributed by atoms with van der Waals surface area (Å²) < 4.78 is 6.50. The summed E-state index contributed by atoms with van der Waals surface area (Å²) in [6, 6.07) is 66.6. The lowest BCUT2D eigenvalue weighted by molar-refractivity contribution is 0.668. The average Bonchev–Trinajstić information content (AvgIpc) is 3.75. The second-order valence-corrected chi connectivity index (χ2v) is 15.1. The maximum atomic E-state index is 6.50. The van der Waals surface area contributed by atoms with Crippen LogP contribution in [-0.4, -0.2) is 15.0 Å². The number of hydrogen-bond donors (Lipinski definition) is 0. The molecule has 0 bridgehead atoms. The molecule has 4 heteroatoms. The summed E-state index contributed by atoms with van der Waals surface area (Å²) in [5.74, 6) is 1.88. The predicted octanol–water partition coefficient (Wildman–Crippen LogP) is 13.3. The van der Waals surface area contributed by atoms with Crippen molar-refractivity contribution in [3.8, 4) is 56.4 Å². The lowest BCUT2D eigenvalue weighted by atomic mass is 9.65. The molecule has 2 aromatic heterocycles. The van der Waals surface area contributed by atoms with Gasteiger partial charge in [0.15, 0.2) is 17.5 Å². The zero-order chi connectivity index (χ0) is 38.2. The molecule has 2 aliphatic rings. The zero-order valence-electron chi connectivity index (χ0n) is 31.3. The molecule has 0 radical (unpaired) electrons. The van der Waals surface area contributed by atoms with Gasteiger partial charge in [-0.15, -0.1) is 0 Å². The molecule has 270 valence electrons. The van der Waals surface area contributed by atoms with Crippen molar-refractivity contribution in [2.24, 2.45) is 0 Å². The van der Waals surface area contributed by atoms with Crippen LogP contribution in [-0.2, 0) is 5.41 Å². The van der Waals surface area contributed by atoms with E-state index in [1.165, 1.54) is 38.9 Å². The first-order chi connectivity index (χ1) is 28.7. The number of rotatable bonds is 4. The van der Waals surface area contributed by atoms with Crippen molar-refractivity contribution >= 4 is 34.1 Å². The smallest absolute Gasteiger partial charge is 0.164 e. The van der Waals surface area contributed by atoms with Crippen LogP contribution >= 0.6 is 0 Å². The maximum Gasteiger partial charge on any atom is 0.164 e. The van der Waals surface area contributed by atoms with Gasteiger partial charge in [-0.05, 0) is 86.0 Å². The molecule has 0 N–H and O–H groups in total. The molecule has 4 nitrogen and oxygen atoms in total. The third kappa shape index (κ3) is 4.85. The second-order valence-electron chi connectivity index (χ2n) is 15.1. The van der Waals surface area contributed by atoms with Gasteiger partial charge >= 0.3 is 0 Å². The predicted molar refractivity (Wildman–Crippen MR) is 235 cm³/mol. The summed E-state index contributed by atoms with van der Waals surface area (Å²) in [5, 5.41) is 2.23. The second kappa shape index (κ2) is 12.7. The normalized spacial score (nSPS) is 14.9. The van der Waals surface area contributed by atoms with Crippen LogP contribution in [0.25, 0.3) is 90.5 Å². The van der Waals surface area contributed by atoms with Crippen LogP contribution in [0.3, 0.4) is 0 Å². The van der Waals surface area contributed by atoms with E-state index in [2.05, 4.69) is 170 Å². The Labute approximate surface area is 335 Å². The quantitative estimate of drug-likeness (QED) is 0.180. The van der Waals surface area contributed by atoms with Crippen LogP contribution in [0, 0.1) is 0 Å². The molecule has 0 saturated carbocycles. The van der Waals surface area contributed by atoms with Gasteiger partial charge in [-0.2, -0.15) is 0 Å². The third-order valence-corrected chi connectivity index (χ3v) is 12.0. The molecule has 0 fully saturated rings. The summed E-state index contributed by atoms with van der Waals surface area (Å²) >= 11 is 0. The summed E-state index contributed by atoms with van der Waals surface area (Å²) in [4.78, 5) is 15.6. The van der Waals surface area contributed by atoms with Crippen molar-refractivity contribution in [3.63, 3.8) is 0 Å². The number of para-hydroxylation sites is 1. The highest BCUT2D eigenvalue weighted by atomic mass is 16.3. The van der Waals surface area contributed by atoms with Crippen molar-refractivity contribution in [1.29, 1.82) is 0 Å². The molecule has 0 amide bonds. The Morgan fingerprint density at radius 1 is 0.328 bits per heavy atom. The monoisotopic (exact) mass is 739 g/mol. The van der Waals surface area contributed by atoms with E-state index in [1.54, 1.807) is 0 Å². The van der Waals surface area contributed by atoms with Crippen LogP contribution in [0.5, 0.6) is 0 Å². The van der Waals surface area contributed by atoms with Crippen molar-refractivity contribution < 1.29 is 4.42 Å². The first-order valence-corrected chi connectivity index (χ1v) is 19.7. The minimum atomic E-state index is -0.647. The SMILES string of the molecule is C1=Cc2ccc(-c3nc(-c4ccccc4)nc(-c4cccc(-c5ccccc5)c4)n3)cc2C2(c3ccccc31)c1ccccc1-c1cc3oc4ccccc4c3cc12. The highest BCUT2D eigenvalue weighted by molar-refractivity contribution is 6.08. The molecule has 1 spiro atoms. The first-order valence-electron chi connectivity index (χ1n) is 19.7. The summed E-state index contributed by atoms with van der Waals surface area (Å²) in [6.45, 7) is 0. The van der Waals surface area contributed by atoms with Gasteiger partial charge in [0.1, 0.15) is 11.2 Å². The number of benzene rings is 8. The molecule has 1 unspecified atom stereocenters. The Balaban J connectivity index is 1.13. The fourth-order valence-electron chi connectivity index (χ4n) is 9.37. The van der Waals surface area contributed by atoms with Gasteiger partial charge in [-0.25, -0.2) is 15.0 Å². The van der Waals surface area contributed by atoms with Crippen molar-refractivity contribution in [2.45, 2.75) is 5.41 Å². The van der Waals surface area contributed by atoms with E-state index in [0.29, 0.717) is 17.5 Å². The van der Waals surface area contributed by atoms with Crippen LogP contribution in [0.1, 0.15) is 33.4 Å². The van der Waals surface area contributed by atoms with Crippen molar-refractivity contribution in [1.82, 2.24) is 15.0 Å². The molecule has 2 aliphatic carbocycles. The van der Waals surface area contributed by atoms with Crippen LogP contribution < -0.4 is 0 Å². The molecule has 0 aliphatic heterocycles. The van der Waals surface area contributed by atoms with Crippen LogP contribution in [0.4, 0.5) is 0 Å². The van der Waals surface area contributed by atoms with E-state index < -0.39 is 5.41 Å². The number of aromatic nitrogens is 3. The fraction of sp³-hybridized carbons (Fsp3) is 0.0185. The topological polar surface area (TPSA) is 51.8 Å². The minimum absolute atomic E-state index is 0.621. The first kappa shape index (κ1) is 32.5. The van der Waals surface area contributed by atoms with Crippen molar-refractivity contribution in [2.75, 3.05) is 0 Å². The molecular formula is C54H33N3O. The Bertz CT molecular complexity index is 3290. The minimum Gasteiger partial charge on any atom is -0.456 e. The number of hydrogen-bond acceptors (Lipinski definition) is 4.